The van der Waals surface area contributed by atoms with Crippen molar-refractivity contribution >= 4 is 28.8 Å². The van der Waals surface area contributed by atoms with E-state index in [1.54, 1.807) is 5.38 Å². The average molecular weight is 429 g/mol. The smallest absolute Gasteiger partial charge is 0.270 e. The van der Waals surface area contributed by atoms with Crippen molar-refractivity contribution in [3.05, 3.63) is 70.2 Å². The molecule has 1 atom stereocenters. The van der Waals surface area contributed by atoms with Gasteiger partial charge in [-0.3, -0.25) is 4.79 Å². The third-order valence-electron chi connectivity index (χ3n) is 4.65. The summed E-state index contributed by atoms with van der Waals surface area (Å²) in [5, 5.41) is 6.18. The van der Waals surface area contributed by atoms with Crippen molar-refractivity contribution < 1.29 is 14.3 Å². The topological polar surface area (TPSA) is 60.5 Å². The van der Waals surface area contributed by atoms with Gasteiger partial charge in [0.25, 0.3) is 5.91 Å². The van der Waals surface area contributed by atoms with Crippen LogP contribution in [0.2, 0.25) is 5.02 Å². The van der Waals surface area contributed by atoms with E-state index in [1.165, 1.54) is 11.3 Å². The lowest BCUT2D eigenvalue weighted by atomic mass is 10.2. The first-order valence-corrected chi connectivity index (χ1v) is 10.8. The number of hydrogen-bond donors (Lipinski definition) is 1. The zero-order valence-electron chi connectivity index (χ0n) is 15.8. The third-order valence-corrected chi connectivity index (χ3v) is 5.77. The van der Waals surface area contributed by atoms with Crippen molar-refractivity contribution in [2.75, 3.05) is 13.2 Å². The number of amides is 1. The highest BCUT2D eigenvalue weighted by atomic mass is 35.5. The van der Waals surface area contributed by atoms with Crippen LogP contribution in [0.3, 0.4) is 0 Å². The Balaban J connectivity index is 1.33. The number of aromatic nitrogens is 1. The maximum absolute atomic E-state index is 12.3. The number of nitrogens with one attached hydrogen (secondary N) is 1. The fraction of sp³-hybridized carbons (Fsp3) is 0.273. The summed E-state index contributed by atoms with van der Waals surface area (Å²) in [6, 6.07) is 15.3. The number of ether oxygens (including phenoxy) is 2. The summed E-state index contributed by atoms with van der Waals surface area (Å²) in [5.74, 6) is 0.601. The van der Waals surface area contributed by atoms with E-state index in [9.17, 15) is 4.79 Å². The Morgan fingerprint density at radius 1 is 1.28 bits per heavy atom. The van der Waals surface area contributed by atoms with Crippen LogP contribution in [0.4, 0.5) is 0 Å². The van der Waals surface area contributed by atoms with E-state index in [0.29, 0.717) is 23.9 Å². The van der Waals surface area contributed by atoms with Crippen LogP contribution in [0, 0.1) is 0 Å². The predicted octanol–water partition coefficient (Wildman–Crippen LogP) is 4.95. The second kappa shape index (κ2) is 9.39. The zero-order chi connectivity index (χ0) is 20.1. The highest BCUT2D eigenvalue weighted by Crippen LogP contribution is 2.26. The molecule has 29 heavy (non-hydrogen) atoms. The summed E-state index contributed by atoms with van der Waals surface area (Å²) >= 11 is 7.44. The fourth-order valence-corrected chi connectivity index (χ4v) is 4.12. The van der Waals surface area contributed by atoms with Gasteiger partial charge in [-0.15, -0.1) is 11.3 Å². The molecule has 3 aromatic rings. The molecule has 1 saturated heterocycles. The van der Waals surface area contributed by atoms with Gasteiger partial charge in [0.15, 0.2) is 0 Å². The van der Waals surface area contributed by atoms with Gasteiger partial charge in [-0.05, 0) is 54.8 Å². The summed E-state index contributed by atoms with van der Waals surface area (Å²) in [4.78, 5) is 16.8. The number of nitrogens with zero attached hydrogens (tertiary/aromatic N) is 1. The fourth-order valence-electron chi connectivity index (χ4n) is 3.10. The molecule has 2 aromatic carbocycles. The van der Waals surface area contributed by atoms with E-state index < -0.39 is 0 Å². The summed E-state index contributed by atoms with van der Waals surface area (Å²) < 4.78 is 11.3. The van der Waals surface area contributed by atoms with E-state index in [0.717, 1.165) is 41.3 Å². The van der Waals surface area contributed by atoms with Crippen molar-refractivity contribution in [2.24, 2.45) is 0 Å². The quantitative estimate of drug-likeness (QED) is 0.578. The van der Waals surface area contributed by atoms with E-state index in [4.69, 9.17) is 21.1 Å². The van der Waals surface area contributed by atoms with Crippen LogP contribution in [0.1, 0.15) is 28.9 Å². The zero-order valence-corrected chi connectivity index (χ0v) is 17.3. The molecule has 1 amide bonds. The molecule has 2 heterocycles. The molecule has 0 radical (unpaired) electrons. The summed E-state index contributed by atoms with van der Waals surface area (Å²) in [5.41, 5.74) is 2.40. The molecule has 0 aliphatic carbocycles. The predicted molar refractivity (Wildman–Crippen MR) is 115 cm³/mol. The number of halogens is 1. The number of hydrogen-bond acceptors (Lipinski definition) is 5. The second-order valence-electron chi connectivity index (χ2n) is 6.83. The van der Waals surface area contributed by atoms with Gasteiger partial charge in [-0.25, -0.2) is 4.98 Å². The van der Waals surface area contributed by atoms with Crippen molar-refractivity contribution in [1.82, 2.24) is 10.3 Å². The minimum atomic E-state index is -0.163. The first kappa shape index (κ1) is 19.9. The maximum atomic E-state index is 12.3. The Labute approximate surface area is 178 Å². The van der Waals surface area contributed by atoms with Crippen LogP contribution >= 0.6 is 22.9 Å². The number of carbonyl (C=O) groups excluding carboxylic acids is 1. The van der Waals surface area contributed by atoms with Crippen LogP contribution in [-0.4, -0.2) is 30.1 Å². The maximum Gasteiger partial charge on any atom is 0.270 e. The molecule has 1 unspecified atom stereocenters. The number of carbonyl (C=O) groups is 1. The monoisotopic (exact) mass is 428 g/mol. The summed E-state index contributed by atoms with van der Waals surface area (Å²) in [6.45, 7) is 1.76. The Morgan fingerprint density at radius 2 is 2.14 bits per heavy atom. The number of rotatable bonds is 7. The molecular formula is C22H21ClN2O3S. The van der Waals surface area contributed by atoms with Crippen molar-refractivity contribution in [3.8, 4) is 16.3 Å². The minimum Gasteiger partial charge on any atom is -0.489 e. The molecule has 5 nitrogen and oxygen atoms in total. The highest BCUT2D eigenvalue weighted by molar-refractivity contribution is 7.13. The molecule has 0 spiro atoms. The standard InChI is InChI=1S/C22H21ClN2O3S/c23-17-4-1-3-15(11-17)13-28-18-8-6-16(7-9-18)22-25-20(14-29-22)21(26)24-12-19-5-2-10-27-19/h1,3-4,6-9,11,14,19H,2,5,10,12-13H2,(H,24,26). The first-order valence-electron chi connectivity index (χ1n) is 9.50. The van der Waals surface area contributed by atoms with Crippen LogP contribution in [0.25, 0.3) is 10.6 Å². The number of benzene rings is 2. The average Bonchev–Trinajstić information content (AvgIpc) is 3.43. The highest BCUT2D eigenvalue weighted by Gasteiger charge is 2.18. The van der Waals surface area contributed by atoms with Gasteiger partial charge in [0, 0.05) is 29.1 Å². The molecule has 1 aromatic heterocycles. The van der Waals surface area contributed by atoms with Gasteiger partial charge in [0.2, 0.25) is 0 Å². The summed E-state index contributed by atoms with van der Waals surface area (Å²) in [6.07, 6.45) is 2.17. The van der Waals surface area contributed by atoms with Gasteiger partial charge in [-0.1, -0.05) is 23.7 Å². The molecule has 1 fully saturated rings. The van der Waals surface area contributed by atoms with Gasteiger partial charge in [-0.2, -0.15) is 0 Å². The van der Waals surface area contributed by atoms with Gasteiger partial charge in [0.05, 0.1) is 6.10 Å². The van der Waals surface area contributed by atoms with Gasteiger partial charge >= 0.3 is 0 Å². The van der Waals surface area contributed by atoms with Crippen LogP contribution in [0.15, 0.2) is 53.9 Å². The molecule has 0 bridgehead atoms. The first-order chi connectivity index (χ1) is 14.2. The largest absolute Gasteiger partial charge is 0.489 e. The lowest BCUT2D eigenvalue weighted by Crippen LogP contribution is -2.31. The molecule has 0 saturated carbocycles. The molecule has 1 aliphatic heterocycles. The molecule has 150 valence electrons. The summed E-state index contributed by atoms with van der Waals surface area (Å²) in [7, 11) is 0. The van der Waals surface area contributed by atoms with Crippen molar-refractivity contribution in [1.29, 1.82) is 0 Å². The molecule has 1 aliphatic rings. The van der Waals surface area contributed by atoms with E-state index >= 15 is 0 Å². The Morgan fingerprint density at radius 3 is 2.90 bits per heavy atom. The Kier molecular flexibility index (Phi) is 6.44. The third kappa shape index (κ3) is 5.35. The van der Waals surface area contributed by atoms with Crippen molar-refractivity contribution in [2.45, 2.75) is 25.6 Å². The second-order valence-corrected chi connectivity index (χ2v) is 8.12. The van der Waals surface area contributed by atoms with E-state index in [1.807, 2.05) is 48.5 Å². The van der Waals surface area contributed by atoms with Crippen LogP contribution < -0.4 is 10.1 Å². The Hall–Kier alpha value is -2.41. The molecule has 1 N–H and O–H groups in total. The lowest BCUT2D eigenvalue weighted by Gasteiger charge is -2.09. The van der Waals surface area contributed by atoms with Crippen molar-refractivity contribution in [3.63, 3.8) is 0 Å². The van der Waals surface area contributed by atoms with E-state index in [-0.39, 0.29) is 12.0 Å². The van der Waals surface area contributed by atoms with Gasteiger partial charge < -0.3 is 14.8 Å². The van der Waals surface area contributed by atoms with Crippen LogP contribution in [-0.2, 0) is 11.3 Å². The molecular weight excluding hydrogens is 408 g/mol. The van der Waals surface area contributed by atoms with Gasteiger partial charge in [0.1, 0.15) is 23.1 Å². The van der Waals surface area contributed by atoms with Crippen LogP contribution in [0.5, 0.6) is 5.75 Å². The lowest BCUT2D eigenvalue weighted by molar-refractivity contribution is 0.0854. The normalized spacial score (nSPS) is 16.0. The van der Waals surface area contributed by atoms with E-state index in [2.05, 4.69) is 10.3 Å². The molecule has 4 rings (SSSR count). The Bertz CT molecular complexity index is 968. The number of thiazole rings is 1. The molecule has 7 heteroatoms. The SMILES string of the molecule is O=C(NCC1CCCO1)c1csc(-c2ccc(OCc3cccc(Cl)c3)cc2)n1. The minimum absolute atomic E-state index is 0.122.